The number of hydrogen-bond donors (Lipinski definition) is 2. The smallest absolute Gasteiger partial charge is 0.0861 e. The molecule has 0 saturated carbocycles. The highest BCUT2D eigenvalue weighted by Gasteiger charge is 1.99. The van der Waals surface area contributed by atoms with Crippen molar-refractivity contribution >= 4 is 29.0 Å². The number of anilines is 2. The van der Waals surface area contributed by atoms with Crippen LogP contribution in [0.2, 0.25) is 0 Å². The van der Waals surface area contributed by atoms with Crippen LogP contribution in [0.1, 0.15) is 22.3 Å². The van der Waals surface area contributed by atoms with Crippen LogP contribution in [0.25, 0.3) is 5.32 Å². The second-order valence-corrected chi connectivity index (χ2v) is 5.74. The number of allylic oxidation sites excluding steroid dienone is 1. The van der Waals surface area contributed by atoms with Gasteiger partial charge < -0.3 is 16.8 Å². The molecule has 2 aromatic carbocycles. The second kappa shape index (κ2) is 7.01. The van der Waals surface area contributed by atoms with Gasteiger partial charge >= 0.3 is 0 Å². The summed E-state index contributed by atoms with van der Waals surface area (Å²) in [6, 6.07) is 7.83. The van der Waals surface area contributed by atoms with E-state index in [0.29, 0.717) is 11.4 Å². The summed E-state index contributed by atoms with van der Waals surface area (Å²) < 4.78 is 0. The fourth-order valence-electron chi connectivity index (χ4n) is 2.16. The topological polar surface area (TPSA) is 78.5 Å². The van der Waals surface area contributed by atoms with Gasteiger partial charge in [-0.3, -0.25) is 4.99 Å². The van der Waals surface area contributed by atoms with Gasteiger partial charge in [-0.2, -0.15) is 6.20 Å². The van der Waals surface area contributed by atoms with E-state index in [4.69, 9.17) is 11.5 Å². The second-order valence-electron chi connectivity index (χ2n) is 5.74. The molecule has 2 aromatic rings. The molecule has 2 rings (SSSR count). The number of nitrogen functional groups attached to an aromatic ring is 2. The Bertz CT molecular complexity index is 773. The van der Waals surface area contributed by atoms with Crippen LogP contribution in [-0.4, -0.2) is 6.21 Å². The Hall–Kier alpha value is -2.75. The maximum Gasteiger partial charge on any atom is 0.0861 e. The highest BCUT2D eigenvalue weighted by Crippen LogP contribution is 2.30. The van der Waals surface area contributed by atoms with Gasteiger partial charge in [-0.25, -0.2) is 0 Å². The summed E-state index contributed by atoms with van der Waals surface area (Å²) in [6.07, 6.45) is 5.13. The van der Waals surface area contributed by atoms with E-state index in [0.717, 1.165) is 22.5 Å². The predicted octanol–water partition coefficient (Wildman–Crippen LogP) is 5.01. The molecule has 23 heavy (non-hydrogen) atoms. The Morgan fingerprint density at radius 1 is 0.826 bits per heavy atom. The number of nitrogens with zero attached hydrogens (tertiary/aromatic N) is 2. The summed E-state index contributed by atoms with van der Waals surface area (Å²) in [5.74, 6) is 0. The minimum absolute atomic E-state index is 0.674. The first-order chi connectivity index (χ1) is 10.9. The van der Waals surface area contributed by atoms with E-state index in [-0.39, 0.29) is 0 Å². The third kappa shape index (κ3) is 4.13. The predicted molar refractivity (Wildman–Crippen MR) is 101 cm³/mol. The molecule has 0 aliphatic heterocycles. The quantitative estimate of drug-likeness (QED) is 0.615. The number of hydrogen-bond acceptors (Lipinski definition) is 3. The van der Waals surface area contributed by atoms with Crippen molar-refractivity contribution in [2.24, 2.45) is 4.99 Å². The Morgan fingerprint density at radius 3 is 2.09 bits per heavy atom. The van der Waals surface area contributed by atoms with Crippen molar-refractivity contribution in [2.75, 3.05) is 11.5 Å². The van der Waals surface area contributed by atoms with Crippen LogP contribution in [0, 0.1) is 27.7 Å². The fourth-order valence-corrected chi connectivity index (χ4v) is 2.16. The van der Waals surface area contributed by atoms with Gasteiger partial charge in [0, 0.05) is 11.9 Å². The summed E-state index contributed by atoms with van der Waals surface area (Å²) >= 11 is 0. The third-order valence-corrected chi connectivity index (χ3v) is 3.89. The molecule has 0 unspecified atom stereocenters. The minimum Gasteiger partial charge on any atom is -0.662 e. The lowest BCUT2D eigenvalue weighted by Gasteiger charge is -2.20. The number of rotatable bonds is 4. The van der Waals surface area contributed by atoms with Crippen LogP contribution >= 0.6 is 0 Å². The Balaban J connectivity index is 2.05. The monoisotopic (exact) mass is 307 g/mol. The van der Waals surface area contributed by atoms with Crippen molar-refractivity contribution in [1.82, 2.24) is 0 Å². The van der Waals surface area contributed by atoms with Gasteiger partial charge in [0.15, 0.2) is 0 Å². The van der Waals surface area contributed by atoms with Crippen molar-refractivity contribution in [3.8, 4) is 0 Å². The molecule has 0 aliphatic rings. The average molecular weight is 307 g/mol. The van der Waals surface area contributed by atoms with E-state index in [1.807, 2.05) is 52.0 Å². The molecule has 0 fully saturated rings. The summed E-state index contributed by atoms with van der Waals surface area (Å²) in [5.41, 5.74) is 19.5. The molecule has 0 atom stereocenters. The molecule has 0 radical (unpaired) electrons. The molecule has 0 bridgehead atoms. The van der Waals surface area contributed by atoms with Gasteiger partial charge in [-0.05, 0) is 68.1 Å². The van der Waals surface area contributed by atoms with Gasteiger partial charge in [0.2, 0.25) is 0 Å². The van der Waals surface area contributed by atoms with Crippen LogP contribution in [0.4, 0.5) is 22.7 Å². The zero-order valence-electron chi connectivity index (χ0n) is 14.1. The largest absolute Gasteiger partial charge is 0.662 e. The summed E-state index contributed by atoms with van der Waals surface area (Å²) in [4.78, 5) is 4.36. The Kier molecular flexibility index (Phi) is 5.06. The van der Waals surface area contributed by atoms with E-state index in [2.05, 4.69) is 10.3 Å². The zero-order valence-corrected chi connectivity index (χ0v) is 14.1. The molecule has 0 aromatic heterocycles. The van der Waals surface area contributed by atoms with E-state index in [1.165, 1.54) is 11.1 Å². The lowest BCUT2D eigenvalue weighted by molar-refractivity contribution is 1.33. The lowest BCUT2D eigenvalue weighted by atomic mass is 10.1. The SMILES string of the molecule is Cc1cc(N)c(N=C/C=C/[N-]c2cc(C)c(C)cc2N)cc1C. The average Bonchev–Trinajstić information content (AvgIpc) is 2.49. The van der Waals surface area contributed by atoms with Crippen LogP contribution in [0.3, 0.4) is 0 Å². The van der Waals surface area contributed by atoms with Gasteiger partial charge in [0.05, 0.1) is 11.4 Å². The van der Waals surface area contributed by atoms with Gasteiger partial charge in [0.25, 0.3) is 0 Å². The van der Waals surface area contributed by atoms with Crippen LogP contribution in [0.15, 0.2) is 41.5 Å². The Morgan fingerprint density at radius 2 is 1.39 bits per heavy atom. The van der Waals surface area contributed by atoms with E-state index in [9.17, 15) is 0 Å². The van der Waals surface area contributed by atoms with E-state index < -0.39 is 0 Å². The number of aryl methyl sites for hydroxylation is 4. The van der Waals surface area contributed by atoms with Gasteiger partial charge in [-0.1, -0.05) is 12.1 Å². The highest BCUT2D eigenvalue weighted by atomic mass is 14.9. The Labute approximate surface area is 137 Å². The first-order valence-electron chi connectivity index (χ1n) is 7.52. The van der Waals surface area contributed by atoms with Crippen LogP contribution in [0.5, 0.6) is 0 Å². The zero-order chi connectivity index (χ0) is 17.0. The molecule has 0 aliphatic carbocycles. The summed E-state index contributed by atoms with van der Waals surface area (Å²) in [5, 5.41) is 4.36. The standard InChI is InChI=1S/C19H23N4/c1-12-8-16(20)18(10-14(12)3)22-6-5-7-23-19-11-15(4)13(2)9-17(19)21/h5-11H,20-21H2,1-4H3/q-1/b6-5+,23-7?. The molecule has 0 amide bonds. The van der Waals surface area contributed by atoms with E-state index >= 15 is 0 Å². The number of benzene rings is 2. The minimum atomic E-state index is 0.674. The van der Waals surface area contributed by atoms with Crippen molar-refractivity contribution < 1.29 is 0 Å². The third-order valence-electron chi connectivity index (χ3n) is 3.89. The molecule has 4 nitrogen and oxygen atoms in total. The van der Waals surface area contributed by atoms with Crippen molar-refractivity contribution in [3.63, 3.8) is 0 Å². The van der Waals surface area contributed by atoms with Gasteiger partial charge in [0.1, 0.15) is 0 Å². The maximum absolute atomic E-state index is 5.97. The van der Waals surface area contributed by atoms with Crippen LogP contribution < -0.4 is 11.5 Å². The molecule has 4 heteroatoms. The number of nitrogens with two attached hydrogens (primary N) is 2. The summed E-state index contributed by atoms with van der Waals surface area (Å²) in [7, 11) is 0. The summed E-state index contributed by atoms with van der Waals surface area (Å²) in [6.45, 7) is 8.15. The molecule has 4 N–H and O–H groups in total. The van der Waals surface area contributed by atoms with Crippen LogP contribution in [-0.2, 0) is 0 Å². The van der Waals surface area contributed by atoms with E-state index in [1.54, 1.807) is 18.5 Å². The van der Waals surface area contributed by atoms with Crippen molar-refractivity contribution in [1.29, 1.82) is 0 Å². The van der Waals surface area contributed by atoms with Crippen molar-refractivity contribution in [3.05, 3.63) is 64.1 Å². The van der Waals surface area contributed by atoms with Crippen molar-refractivity contribution in [2.45, 2.75) is 27.7 Å². The molecule has 0 heterocycles. The lowest BCUT2D eigenvalue weighted by Crippen LogP contribution is -1.89. The van der Waals surface area contributed by atoms with Gasteiger partial charge in [-0.15, -0.1) is 5.69 Å². The molecule has 120 valence electrons. The first-order valence-corrected chi connectivity index (χ1v) is 7.52. The normalized spacial score (nSPS) is 11.5. The molecular formula is C19H23N4-. The first kappa shape index (κ1) is 16.6. The molecule has 0 saturated heterocycles. The maximum atomic E-state index is 5.97. The molecule has 0 spiro atoms. The number of aliphatic imine (C=N–C) groups is 1. The molecular weight excluding hydrogens is 284 g/mol. The highest BCUT2D eigenvalue weighted by molar-refractivity contribution is 5.80. The fraction of sp³-hybridized carbons (Fsp3) is 0.211.